The summed E-state index contributed by atoms with van der Waals surface area (Å²) in [7, 11) is 0. The Morgan fingerprint density at radius 3 is 2.46 bits per heavy atom. The molecule has 2 heteroatoms. The van der Waals surface area contributed by atoms with Crippen LogP contribution in [-0.2, 0) is 0 Å². The Morgan fingerprint density at radius 1 is 1.38 bits per heavy atom. The Kier molecular flexibility index (Phi) is 2.37. The Hall–Kier alpha value is -0.0800. The van der Waals surface area contributed by atoms with Crippen molar-refractivity contribution in [3.63, 3.8) is 0 Å². The van der Waals surface area contributed by atoms with E-state index in [-0.39, 0.29) is 0 Å². The topological polar surface area (TPSA) is 15.3 Å². The van der Waals surface area contributed by atoms with Crippen LogP contribution in [0.2, 0.25) is 0 Å². The monoisotopic (exact) mass is 182 g/mol. The van der Waals surface area contributed by atoms with Crippen LogP contribution in [0, 0.1) is 5.41 Å². The lowest BCUT2D eigenvalue weighted by molar-refractivity contribution is 0.00508. The van der Waals surface area contributed by atoms with Gasteiger partial charge in [0, 0.05) is 25.2 Å². The third kappa shape index (κ3) is 1.62. The van der Waals surface area contributed by atoms with Crippen LogP contribution in [0.4, 0.5) is 0 Å². The summed E-state index contributed by atoms with van der Waals surface area (Å²) in [6.07, 6.45) is 2.81. The maximum absolute atomic E-state index is 3.42. The molecule has 2 rings (SSSR count). The van der Waals surface area contributed by atoms with E-state index in [1.807, 2.05) is 0 Å². The minimum atomic E-state index is 0.685. The fraction of sp³-hybridized carbons (Fsp3) is 1.00. The Balaban J connectivity index is 1.95. The van der Waals surface area contributed by atoms with E-state index in [0.29, 0.717) is 5.41 Å². The fourth-order valence-corrected chi connectivity index (χ4v) is 3.00. The maximum Gasteiger partial charge on any atom is 0.00758 e. The van der Waals surface area contributed by atoms with E-state index < -0.39 is 0 Å². The van der Waals surface area contributed by atoms with Crippen LogP contribution in [0.15, 0.2) is 0 Å². The third-order valence-corrected chi connectivity index (χ3v) is 3.86. The molecule has 0 saturated carbocycles. The van der Waals surface area contributed by atoms with Gasteiger partial charge in [-0.05, 0) is 45.6 Å². The van der Waals surface area contributed by atoms with Gasteiger partial charge in [-0.2, -0.15) is 0 Å². The Labute approximate surface area is 81.7 Å². The molecule has 1 N–H and O–H groups in total. The minimum absolute atomic E-state index is 0.685. The highest BCUT2D eigenvalue weighted by atomic mass is 15.2. The van der Waals surface area contributed by atoms with Crippen molar-refractivity contribution < 1.29 is 0 Å². The van der Waals surface area contributed by atoms with Gasteiger partial charge < -0.3 is 5.32 Å². The van der Waals surface area contributed by atoms with Crippen LogP contribution in [0.5, 0.6) is 0 Å². The van der Waals surface area contributed by atoms with Crippen molar-refractivity contribution in [3.8, 4) is 0 Å². The first-order chi connectivity index (χ1) is 6.13. The number of piperidine rings is 1. The number of hydrogen-bond acceptors (Lipinski definition) is 2. The van der Waals surface area contributed by atoms with Crippen molar-refractivity contribution in [3.05, 3.63) is 0 Å². The van der Waals surface area contributed by atoms with E-state index >= 15 is 0 Å². The molecular weight excluding hydrogens is 160 g/mol. The number of rotatable bonds is 1. The van der Waals surface area contributed by atoms with Gasteiger partial charge in [-0.3, -0.25) is 4.90 Å². The molecule has 2 heterocycles. The molecule has 2 aliphatic rings. The number of hydrogen-bond donors (Lipinski definition) is 1. The molecule has 1 unspecified atom stereocenters. The highest BCUT2D eigenvalue weighted by Crippen LogP contribution is 2.38. The van der Waals surface area contributed by atoms with Crippen molar-refractivity contribution in [2.24, 2.45) is 5.41 Å². The zero-order chi connectivity index (χ0) is 9.47. The number of nitrogens with one attached hydrogen (secondary N) is 1. The summed E-state index contributed by atoms with van der Waals surface area (Å²) in [4.78, 5) is 2.64. The first-order valence-corrected chi connectivity index (χ1v) is 5.59. The molecule has 0 bridgehead atoms. The second-order valence-electron chi connectivity index (χ2n) is 5.24. The maximum atomic E-state index is 3.42. The fourth-order valence-electron chi connectivity index (χ4n) is 3.00. The van der Waals surface area contributed by atoms with E-state index in [9.17, 15) is 0 Å². The second-order valence-corrected chi connectivity index (χ2v) is 5.24. The summed E-state index contributed by atoms with van der Waals surface area (Å²) in [5.74, 6) is 0. The SMILES string of the molecule is CC(C)N1CCC2(CNC2)CC1C. The largest absolute Gasteiger partial charge is 0.316 e. The second kappa shape index (κ2) is 3.25. The highest BCUT2D eigenvalue weighted by Gasteiger charge is 2.42. The third-order valence-electron chi connectivity index (χ3n) is 3.86. The van der Waals surface area contributed by atoms with E-state index in [0.717, 1.165) is 12.1 Å². The summed E-state index contributed by atoms with van der Waals surface area (Å²) < 4.78 is 0. The summed E-state index contributed by atoms with van der Waals surface area (Å²) >= 11 is 0. The summed E-state index contributed by atoms with van der Waals surface area (Å²) in [6, 6.07) is 1.51. The lowest BCUT2D eigenvalue weighted by Crippen LogP contribution is -2.61. The quantitative estimate of drug-likeness (QED) is 0.660. The lowest BCUT2D eigenvalue weighted by atomic mass is 9.71. The molecule has 0 aromatic carbocycles. The molecule has 0 aliphatic carbocycles. The molecule has 0 aromatic rings. The predicted molar refractivity (Wildman–Crippen MR) is 55.8 cm³/mol. The molecule has 2 saturated heterocycles. The molecule has 13 heavy (non-hydrogen) atoms. The van der Waals surface area contributed by atoms with Crippen molar-refractivity contribution in [2.45, 2.75) is 45.7 Å². The van der Waals surface area contributed by atoms with E-state index in [1.165, 1.54) is 32.5 Å². The van der Waals surface area contributed by atoms with Crippen molar-refractivity contribution in [2.75, 3.05) is 19.6 Å². The number of nitrogens with zero attached hydrogens (tertiary/aromatic N) is 1. The van der Waals surface area contributed by atoms with Crippen LogP contribution >= 0.6 is 0 Å². The predicted octanol–water partition coefficient (Wildman–Crippen LogP) is 1.47. The average molecular weight is 182 g/mol. The van der Waals surface area contributed by atoms with Gasteiger partial charge in [0.25, 0.3) is 0 Å². The van der Waals surface area contributed by atoms with Crippen molar-refractivity contribution in [1.29, 1.82) is 0 Å². The molecule has 1 atom stereocenters. The molecule has 0 amide bonds. The van der Waals surface area contributed by atoms with Gasteiger partial charge in [0.15, 0.2) is 0 Å². The first-order valence-electron chi connectivity index (χ1n) is 5.59. The summed E-state index contributed by atoms with van der Waals surface area (Å²) in [5, 5.41) is 3.42. The van der Waals surface area contributed by atoms with Gasteiger partial charge in [0.1, 0.15) is 0 Å². The highest BCUT2D eigenvalue weighted by molar-refractivity contribution is 4.98. The zero-order valence-electron chi connectivity index (χ0n) is 9.14. The van der Waals surface area contributed by atoms with Crippen molar-refractivity contribution in [1.82, 2.24) is 10.2 Å². The minimum Gasteiger partial charge on any atom is -0.316 e. The van der Waals surface area contributed by atoms with Crippen LogP contribution in [0.3, 0.4) is 0 Å². The van der Waals surface area contributed by atoms with Gasteiger partial charge in [-0.1, -0.05) is 0 Å². The zero-order valence-corrected chi connectivity index (χ0v) is 9.14. The molecule has 0 aromatic heterocycles. The molecule has 2 aliphatic heterocycles. The molecule has 2 fully saturated rings. The van der Waals surface area contributed by atoms with E-state index in [2.05, 4.69) is 31.0 Å². The summed E-state index contributed by atoms with van der Waals surface area (Å²) in [6.45, 7) is 10.9. The molecule has 76 valence electrons. The van der Waals surface area contributed by atoms with Crippen LogP contribution in [0.1, 0.15) is 33.6 Å². The first kappa shape index (κ1) is 9.47. The van der Waals surface area contributed by atoms with E-state index in [4.69, 9.17) is 0 Å². The number of likely N-dealkylation sites (tertiary alicyclic amines) is 1. The van der Waals surface area contributed by atoms with Crippen LogP contribution < -0.4 is 5.32 Å². The normalized spacial score (nSPS) is 33.7. The van der Waals surface area contributed by atoms with Gasteiger partial charge in [-0.25, -0.2) is 0 Å². The lowest BCUT2D eigenvalue weighted by Gasteiger charge is -2.52. The van der Waals surface area contributed by atoms with Crippen LogP contribution in [0.25, 0.3) is 0 Å². The average Bonchev–Trinajstić information content (AvgIpc) is 2.00. The summed E-state index contributed by atoms with van der Waals surface area (Å²) in [5.41, 5.74) is 0.685. The Morgan fingerprint density at radius 2 is 2.08 bits per heavy atom. The molecular formula is C11H22N2. The van der Waals surface area contributed by atoms with Crippen LogP contribution in [-0.4, -0.2) is 36.6 Å². The standard InChI is InChI=1S/C11H22N2/c1-9(2)13-5-4-11(6-10(13)3)7-12-8-11/h9-10,12H,4-8H2,1-3H3. The van der Waals surface area contributed by atoms with Gasteiger partial charge in [-0.15, -0.1) is 0 Å². The van der Waals surface area contributed by atoms with Crippen molar-refractivity contribution >= 4 is 0 Å². The van der Waals surface area contributed by atoms with Gasteiger partial charge in [0.2, 0.25) is 0 Å². The molecule has 2 nitrogen and oxygen atoms in total. The molecule has 0 radical (unpaired) electrons. The Bertz CT molecular complexity index is 185. The van der Waals surface area contributed by atoms with Gasteiger partial charge in [0.05, 0.1) is 0 Å². The smallest absolute Gasteiger partial charge is 0.00758 e. The van der Waals surface area contributed by atoms with E-state index in [1.54, 1.807) is 0 Å². The van der Waals surface area contributed by atoms with Gasteiger partial charge >= 0.3 is 0 Å². The molecule has 1 spiro atoms.